The second-order valence-corrected chi connectivity index (χ2v) is 10.5. The normalized spacial score (nSPS) is 11.7. The number of hydrogen-bond acceptors (Lipinski definition) is 7. The Labute approximate surface area is 200 Å². The van der Waals surface area contributed by atoms with Crippen molar-refractivity contribution in [2.75, 3.05) is 27.4 Å². The summed E-state index contributed by atoms with van der Waals surface area (Å²) in [4.78, 5) is 4.83. The van der Waals surface area contributed by atoms with Gasteiger partial charge in [-0.25, -0.2) is 13.4 Å². The van der Waals surface area contributed by atoms with Gasteiger partial charge in [-0.2, -0.15) is 4.31 Å². The molecule has 0 atom stereocenters. The number of ether oxygens (including phenoxy) is 3. The smallest absolute Gasteiger partial charge is 0.243 e. The highest BCUT2D eigenvalue weighted by atomic mass is 32.2. The fourth-order valence-electron chi connectivity index (χ4n) is 3.25. The van der Waals surface area contributed by atoms with Crippen molar-refractivity contribution in [2.45, 2.75) is 38.3 Å². The Bertz CT molecular complexity index is 1140. The van der Waals surface area contributed by atoms with Gasteiger partial charge in [0.2, 0.25) is 10.0 Å². The van der Waals surface area contributed by atoms with E-state index in [1.165, 1.54) is 21.2 Å². The van der Waals surface area contributed by atoms with Crippen LogP contribution in [0.1, 0.15) is 28.2 Å². The minimum Gasteiger partial charge on any atom is -0.497 e. The van der Waals surface area contributed by atoms with E-state index in [2.05, 4.69) is 4.98 Å². The lowest BCUT2D eigenvalue weighted by molar-refractivity contribution is 0.186. The number of hydrogen-bond donors (Lipinski definition) is 0. The molecule has 178 valence electrons. The molecule has 0 N–H and O–H groups in total. The Balaban J connectivity index is 1.73. The molecule has 1 heterocycles. The second-order valence-electron chi connectivity index (χ2n) is 7.58. The van der Waals surface area contributed by atoms with Crippen molar-refractivity contribution >= 4 is 21.4 Å². The molecule has 0 fully saturated rings. The van der Waals surface area contributed by atoms with Gasteiger partial charge in [-0.1, -0.05) is 12.1 Å². The van der Waals surface area contributed by atoms with E-state index in [9.17, 15) is 8.42 Å². The SMILES string of the molecule is COCCCN(Cc1csc(COc2cccc(C)c2C)n1)S(=O)(=O)c1ccc(OC)cc1. The summed E-state index contributed by atoms with van der Waals surface area (Å²) in [5.74, 6) is 1.43. The van der Waals surface area contributed by atoms with E-state index < -0.39 is 10.0 Å². The predicted octanol–water partition coefficient (Wildman–Crippen LogP) is 4.57. The molecule has 0 unspecified atom stereocenters. The maximum atomic E-state index is 13.3. The Morgan fingerprint density at radius 1 is 1.06 bits per heavy atom. The van der Waals surface area contributed by atoms with Crippen molar-refractivity contribution in [3.8, 4) is 11.5 Å². The van der Waals surface area contributed by atoms with Gasteiger partial charge in [-0.3, -0.25) is 0 Å². The number of methoxy groups -OCH3 is 2. The van der Waals surface area contributed by atoms with Gasteiger partial charge in [0, 0.05) is 25.6 Å². The van der Waals surface area contributed by atoms with Crippen molar-refractivity contribution < 1.29 is 22.6 Å². The Morgan fingerprint density at radius 3 is 2.52 bits per heavy atom. The van der Waals surface area contributed by atoms with Gasteiger partial charge in [0.25, 0.3) is 0 Å². The zero-order valence-electron chi connectivity index (χ0n) is 19.4. The minimum absolute atomic E-state index is 0.179. The van der Waals surface area contributed by atoms with Crippen LogP contribution in [0.15, 0.2) is 52.7 Å². The number of aryl methyl sites for hydroxylation is 1. The summed E-state index contributed by atoms with van der Waals surface area (Å²) in [6.45, 7) is 5.39. The molecule has 0 saturated carbocycles. The molecule has 2 aromatic carbocycles. The first kappa shape index (κ1) is 25.2. The molecule has 0 aliphatic carbocycles. The largest absolute Gasteiger partial charge is 0.497 e. The Kier molecular flexibility index (Phi) is 8.85. The van der Waals surface area contributed by atoms with Crippen LogP contribution in [0, 0.1) is 13.8 Å². The van der Waals surface area contributed by atoms with Crippen molar-refractivity contribution in [3.63, 3.8) is 0 Å². The first-order valence-corrected chi connectivity index (χ1v) is 12.9. The molecule has 3 aromatic rings. The molecule has 33 heavy (non-hydrogen) atoms. The summed E-state index contributed by atoms with van der Waals surface area (Å²) in [6.07, 6.45) is 0.582. The lowest BCUT2D eigenvalue weighted by atomic mass is 10.1. The third-order valence-electron chi connectivity index (χ3n) is 5.30. The molecule has 7 nitrogen and oxygen atoms in total. The third kappa shape index (κ3) is 6.54. The number of thiazole rings is 1. The van der Waals surface area contributed by atoms with Crippen LogP contribution in [0.5, 0.6) is 11.5 Å². The highest BCUT2D eigenvalue weighted by molar-refractivity contribution is 7.89. The zero-order chi connectivity index (χ0) is 23.8. The molecule has 0 amide bonds. The molecule has 0 aliphatic rings. The number of sulfonamides is 1. The quantitative estimate of drug-likeness (QED) is 0.346. The van der Waals surface area contributed by atoms with Crippen LogP contribution in [0.25, 0.3) is 0 Å². The summed E-state index contributed by atoms with van der Waals surface area (Å²) in [5.41, 5.74) is 2.96. The Morgan fingerprint density at radius 2 is 1.82 bits per heavy atom. The first-order chi connectivity index (χ1) is 15.8. The summed E-state index contributed by atoms with van der Waals surface area (Å²) in [5, 5.41) is 2.68. The van der Waals surface area contributed by atoms with Crippen molar-refractivity contribution in [1.29, 1.82) is 0 Å². The molecule has 0 radical (unpaired) electrons. The molecular formula is C24H30N2O5S2. The van der Waals surface area contributed by atoms with Gasteiger partial charge in [0.15, 0.2) is 0 Å². The maximum Gasteiger partial charge on any atom is 0.243 e. The van der Waals surface area contributed by atoms with Crippen LogP contribution in [0.2, 0.25) is 0 Å². The average molecular weight is 491 g/mol. The van der Waals surface area contributed by atoms with Gasteiger partial charge in [0.05, 0.1) is 24.2 Å². The fourth-order valence-corrected chi connectivity index (χ4v) is 5.40. The number of aromatic nitrogens is 1. The number of benzene rings is 2. The molecular weight excluding hydrogens is 460 g/mol. The highest BCUT2D eigenvalue weighted by Gasteiger charge is 2.25. The number of nitrogens with zero attached hydrogens (tertiary/aromatic N) is 2. The van der Waals surface area contributed by atoms with E-state index in [4.69, 9.17) is 14.2 Å². The van der Waals surface area contributed by atoms with E-state index >= 15 is 0 Å². The average Bonchev–Trinajstić information content (AvgIpc) is 3.27. The third-order valence-corrected chi connectivity index (χ3v) is 8.03. The lowest BCUT2D eigenvalue weighted by Gasteiger charge is -2.21. The van der Waals surface area contributed by atoms with Crippen LogP contribution < -0.4 is 9.47 Å². The molecule has 3 rings (SSSR count). The standard InChI is InChI=1S/C24H30N2O5S2/c1-18-7-5-8-23(19(18)2)31-16-24-25-20(17-32-24)15-26(13-6-14-29-3)33(27,28)22-11-9-21(30-4)10-12-22/h5,7-12,17H,6,13-16H2,1-4H3. The van der Waals surface area contributed by atoms with Crippen LogP contribution in [0.3, 0.4) is 0 Å². The van der Waals surface area contributed by atoms with Gasteiger partial charge in [0.1, 0.15) is 23.1 Å². The summed E-state index contributed by atoms with van der Waals surface area (Å²) in [7, 11) is -0.557. The van der Waals surface area contributed by atoms with E-state index in [0.717, 1.165) is 16.3 Å². The molecule has 0 saturated heterocycles. The molecule has 1 aromatic heterocycles. The zero-order valence-corrected chi connectivity index (χ0v) is 21.0. The van der Waals surface area contributed by atoms with Crippen LogP contribution in [-0.4, -0.2) is 45.1 Å². The van der Waals surface area contributed by atoms with Gasteiger partial charge < -0.3 is 14.2 Å². The number of rotatable bonds is 12. The molecule has 0 aliphatic heterocycles. The summed E-state index contributed by atoms with van der Waals surface area (Å²) < 4.78 is 44.3. The van der Waals surface area contributed by atoms with Gasteiger partial charge in [-0.05, 0) is 61.7 Å². The lowest BCUT2D eigenvalue weighted by Crippen LogP contribution is -2.32. The monoisotopic (exact) mass is 490 g/mol. The van der Waals surface area contributed by atoms with Gasteiger partial charge in [-0.15, -0.1) is 11.3 Å². The summed E-state index contributed by atoms with van der Waals surface area (Å²) >= 11 is 1.46. The predicted molar refractivity (Wildman–Crippen MR) is 129 cm³/mol. The second kappa shape index (κ2) is 11.6. The van der Waals surface area contributed by atoms with Crippen LogP contribution in [0.4, 0.5) is 0 Å². The van der Waals surface area contributed by atoms with Crippen molar-refractivity contribution in [2.24, 2.45) is 0 Å². The minimum atomic E-state index is -3.71. The topological polar surface area (TPSA) is 78.0 Å². The first-order valence-electron chi connectivity index (χ1n) is 10.6. The van der Waals surface area contributed by atoms with Crippen LogP contribution in [-0.2, 0) is 27.9 Å². The van der Waals surface area contributed by atoms with E-state index in [1.54, 1.807) is 38.5 Å². The molecule has 9 heteroatoms. The van der Waals surface area contributed by atoms with E-state index in [0.29, 0.717) is 37.6 Å². The van der Waals surface area contributed by atoms with Gasteiger partial charge >= 0.3 is 0 Å². The highest BCUT2D eigenvalue weighted by Crippen LogP contribution is 2.24. The maximum absolute atomic E-state index is 13.3. The van der Waals surface area contributed by atoms with Crippen molar-refractivity contribution in [3.05, 3.63) is 69.7 Å². The summed E-state index contributed by atoms with van der Waals surface area (Å²) in [6, 6.07) is 12.4. The molecule has 0 bridgehead atoms. The van der Waals surface area contributed by atoms with Crippen molar-refractivity contribution in [1.82, 2.24) is 9.29 Å². The van der Waals surface area contributed by atoms with E-state index in [1.807, 2.05) is 37.4 Å². The molecule has 0 spiro atoms. The van der Waals surface area contributed by atoms with E-state index in [-0.39, 0.29) is 11.4 Å². The fraction of sp³-hybridized carbons (Fsp3) is 0.375. The van der Waals surface area contributed by atoms with Crippen LogP contribution >= 0.6 is 11.3 Å². The Hall–Kier alpha value is -2.46.